The van der Waals surface area contributed by atoms with Crippen LogP contribution in [-0.4, -0.2) is 36.1 Å². The molecule has 21 heavy (non-hydrogen) atoms. The summed E-state index contributed by atoms with van der Waals surface area (Å²) in [6.07, 6.45) is 0. The van der Waals surface area contributed by atoms with Crippen molar-refractivity contribution in [2.24, 2.45) is 0 Å². The molecule has 1 aromatic carbocycles. The number of carbonyl (C=O) groups excluding carboxylic acids is 2. The molecule has 6 heteroatoms. The third-order valence-corrected chi connectivity index (χ3v) is 2.38. The summed E-state index contributed by atoms with van der Waals surface area (Å²) in [5.41, 5.74) is 0.208. The van der Waals surface area contributed by atoms with Gasteiger partial charge in [0.15, 0.2) is 0 Å². The lowest BCUT2D eigenvalue weighted by Gasteiger charge is -2.09. The quantitative estimate of drug-likeness (QED) is 0.704. The number of carbonyl (C=O) groups is 2. The molecule has 112 valence electrons. The number of halogens is 1. The summed E-state index contributed by atoms with van der Waals surface area (Å²) in [7, 11) is 0. The molecular weight excluding hydrogens is 275 g/mol. The van der Waals surface area contributed by atoms with Crippen molar-refractivity contribution in [1.29, 1.82) is 0 Å². The first kappa shape index (κ1) is 16.7. The third-order valence-electron chi connectivity index (χ3n) is 2.38. The van der Waals surface area contributed by atoms with E-state index in [0.717, 1.165) is 6.07 Å². The number of aliphatic hydroxyl groups excluding tert-OH is 1. The largest absolute Gasteiger partial charge is 0.384 e. The minimum Gasteiger partial charge on any atom is -0.384 e. The van der Waals surface area contributed by atoms with Crippen LogP contribution in [0.15, 0.2) is 18.2 Å². The van der Waals surface area contributed by atoms with E-state index in [0.29, 0.717) is 5.56 Å². The highest BCUT2D eigenvalue weighted by Crippen LogP contribution is 2.10. The van der Waals surface area contributed by atoms with Crippen molar-refractivity contribution in [2.75, 3.05) is 13.2 Å². The number of rotatable bonds is 4. The Hall–Kier alpha value is -2.39. The van der Waals surface area contributed by atoms with Crippen molar-refractivity contribution in [1.82, 2.24) is 10.6 Å². The molecule has 2 amide bonds. The Balaban J connectivity index is 2.75. The molecule has 1 rings (SSSR count). The summed E-state index contributed by atoms with van der Waals surface area (Å²) < 4.78 is 13.6. The molecule has 0 atom stereocenters. The maximum absolute atomic E-state index is 13.6. The molecule has 0 aliphatic carbocycles. The summed E-state index contributed by atoms with van der Waals surface area (Å²) in [6, 6.07) is 3.75. The fraction of sp³-hybridized carbons (Fsp3) is 0.333. The second-order valence-electron chi connectivity index (χ2n) is 4.56. The van der Waals surface area contributed by atoms with Crippen molar-refractivity contribution in [3.05, 3.63) is 35.1 Å². The molecule has 0 radical (unpaired) electrons. The van der Waals surface area contributed by atoms with Crippen molar-refractivity contribution in [2.45, 2.75) is 19.9 Å². The second kappa shape index (κ2) is 8.02. The molecular formula is C15H17FN2O3. The van der Waals surface area contributed by atoms with Crippen molar-refractivity contribution < 1.29 is 19.1 Å². The minimum atomic E-state index is -0.702. The summed E-state index contributed by atoms with van der Waals surface area (Å²) in [5.74, 6) is 3.24. The van der Waals surface area contributed by atoms with Gasteiger partial charge < -0.3 is 15.7 Å². The van der Waals surface area contributed by atoms with Gasteiger partial charge in [0, 0.05) is 11.6 Å². The number of nitrogens with one attached hydrogen (secondary N) is 2. The Morgan fingerprint density at radius 1 is 1.38 bits per heavy atom. The average molecular weight is 292 g/mol. The molecule has 0 fully saturated rings. The summed E-state index contributed by atoms with van der Waals surface area (Å²) in [5, 5.41) is 13.6. The first-order chi connectivity index (χ1) is 9.93. The molecule has 3 N–H and O–H groups in total. The van der Waals surface area contributed by atoms with Crippen LogP contribution in [0.2, 0.25) is 0 Å². The van der Waals surface area contributed by atoms with Crippen LogP contribution in [0.25, 0.3) is 0 Å². The predicted molar refractivity (Wildman–Crippen MR) is 76.0 cm³/mol. The topological polar surface area (TPSA) is 78.4 Å². The molecule has 1 aromatic rings. The number of amides is 2. The van der Waals surface area contributed by atoms with Gasteiger partial charge >= 0.3 is 0 Å². The highest BCUT2D eigenvalue weighted by Gasteiger charge is 2.13. The number of aliphatic hydroxyl groups is 1. The maximum Gasteiger partial charge on any atom is 0.254 e. The van der Waals surface area contributed by atoms with Gasteiger partial charge in [-0.2, -0.15) is 0 Å². The van der Waals surface area contributed by atoms with E-state index in [4.69, 9.17) is 5.11 Å². The van der Waals surface area contributed by atoms with Crippen LogP contribution in [-0.2, 0) is 4.79 Å². The normalized spacial score (nSPS) is 9.76. The molecule has 0 heterocycles. The third kappa shape index (κ3) is 5.63. The van der Waals surface area contributed by atoms with Crippen LogP contribution < -0.4 is 10.6 Å². The molecule has 0 spiro atoms. The van der Waals surface area contributed by atoms with Crippen LogP contribution in [0.3, 0.4) is 0 Å². The van der Waals surface area contributed by atoms with Crippen LogP contribution >= 0.6 is 0 Å². The summed E-state index contributed by atoms with van der Waals surface area (Å²) in [4.78, 5) is 23.3. The van der Waals surface area contributed by atoms with Crippen molar-refractivity contribution in [3.63, 3.8) is 0 Å². The van der Waals surface area contributed by atoms with Crippen molar-refractivity contribution in [3.8, 4) is 11.8 Å². The first-order valence-corrected chi connectivity index (χ1v) is 6.41. The Kier molecular flexibility index (Phi) is 6.37. The summed E-state index contributed by atoms with van der Waals surface area (Å²) >= 11 is 0. The van der Waals surface area contributed by atoms with Gasteiger partial charge in [-0.1, -0.05) is 11.8 Å². The smallest absolute Gasteiger partial charge is 0.254 e. The first-order valence-electron chi connectivity index (χ1n) is 6.41. The molecule has 0 aliphatic heterocycles. The van der Waals surface area contributed by atoms with Crippen molar-refractivity contribution >= 4 is 11.8 Å². The van der Waals surface area contributed by atoms with E-state index < -0.39 is 11.7 Å². The highest BCUT2D eigenvalue weighted by atomic mass is 19.1. The fourth-order valence-electron chi connectivity index (χ4n) is 1.55. The number of hydrogen-bond donors (Lipinski definition) is 3. The van der Waals surface area contributed by atoms with Gasteiger partial charge in [-0.3, -0.25) is 9.59 Å². The van der Waals surface area contributed by atoms with E-state index in [1.54, 1.807) is 13.8 Å². The Bertz CT molecular complexity index is 588. The van der Waals surface area contributed by atoms with Gasteiger partial charge in [0.2, 0.25) is 5.91 Å². The van der Waals surface area contributed by atoms with Gasteiger partial charge in [0.1, 0.15) is 12.4 Å². The molecule has 0 saturated heterocycles. The molecule has 0 bridgehead atoms. The van der Waals surface area contributed by atoms with E-state index in [2.05, 4.69) is 22.5 Å². The van der Waals surface area contributed by atoms with E-state index in [1.807, 2.05) is 0 Å². The molecule has 0 aromatic heterocycles. The Labute approximate surface area is 122 Å². The summed E-state index contributed by atoms with van der Waals surface area (Å²) in [6.45, 7) is 3.03. The van der Waals surface area contributed by atoms with E-state index in [-0.39, 0.29) is 30.7 Å². The maximum atomic E-state index is 13.6. The molecule has 0 aliphatic rings. The van der Waals surface area contributed by atoms with Crippen LogP contribution in [0.5, 0.6) is 0 Å². The van der Waals surface area contributed by atoms with Gasteiger partial charge in [0.05, 0.1) is 12.1 Å². The molecule has 5 nitrogen and oxygen atoms in total. The lowest BCUT2D eigenvalue weighted by molar-refractivity contribution is -0.120. The van der Waals surface area contributed by atoms with E-state index in [1.165, 1.54) is 12.1 Å². The Morgan fingerprint density at radius 3 is 2.71 bits per heavy atom. The van der Waals surface area contributed by atoms with Crippen LogP contribution in [0.4, 0.5) is 4.39 Å². The standard InChI is InChI=1S/C15H17FN2O3/c1-10(2)18-14(20)9-17-15(21)12-8-11(4-3-7-19)5-6-13(12)16/h5-6,8,10,19H,7,9H2,1-2H3,(H,17,21)(H,18,20). The van der Waals surface area contributed by atoms with Crippen LogP contribution in [0, 0.1) is 17.7 Å². The number of hydrogen-bond acceptors (Lipinski definition) is 3. The molecule has 0 unspecified atom stereocenters. The second-order valence-corrected chi connectivity index (χ2v) is 4.56. The highest BCUT2D eigenvalue weighted by molar-refractivity contribution is 5.97. The fourth-order valence-corrected chi connectivity index (χ4v) is 1.55. The lowest BCUT2D eigenvalue weighted by Crippen LogP contribution is -2.40. The predicted octanol–water partition coefficient (Wildman–Crippen LogP) is 0.424. The van der Waals surface area contributed by atoms with Gasteiger partial charge in [-0.25, -0.2) is 4.39 Å². The van der Waals surface area contributed by atoms with Gasteiger partial charge in [-0.15, -0.1) is 0 Å². The zero-order chi connectivity index (χ0) is 15.8. The average Bonchev–Trinajstić information content (AvgIpc) is 2.43. The lowest BCUT2D eigenvalue weighted by atomic mass is 10.1. The Morgan fingerprint density at radius 2 is 2.10 bits per heavy atom. The van der Waals surface area contributed by atoms with E-state index >= 15 is 0 Å². The monoisotopic (exact) mass is 292 g/mol. The number of benzene rings is 1. The van der Waals surface area contributed by atoms with E-state index in [9.17, 15) is 14.0 Å². The van der Waals surface area contributed by atoms with Gasteiger partial charge in [0.25, 0.3) is 5.91 Å². The SMILES string of the molecule is CC(C)NC(=O)CNC(=O)c1cc(C#CCO)ccc1F. The molecule has 0 saturated carbocycles. The zero-order valence-electron chi connectivity index (χ0n) is 11.9. The zero-order valence-corrected chi connectivity index (χ0v) is 11.9. The van der Waals surface area contributed by atoms with Crippen LogP contribution in [0.1, 0.15) is 29.8 Å². The minimum absolute atomic E-state index is 0.0387. The van der Waals surface area contributed by atoms with Gasteiger partial charge in [-0.05, 0) is 32.0 Å².